The Bertz CT molecular complexity index is 659. The van der Waals surface area contributed by atoms with Gasteiger partial charge in [0.05, 0.1) is 10.9 Å². The van der Waals surface area contributed by atoms with Crippen molar-refractivity contribution < 1.29 is 9.21 Å². The second-order valence-electron chi connectivity index (χ2n) is 6.20. The van der Waals surface area contributed by atoms with Crippen molar-refractivity contribution in [3.8, 4) is 0 Å². The molecule has 1 fully saturated rings. The maximum absolute atomic E-state index is 13.1. The average Bonchev–Trinajstić information content (AvgIpc) is 3.19. The summed E-state index contributed by atoms with van der Waals surface area (Å²) >= 11 is 2.91. The van der Waals surface area contributed by atoms with Crippen LogP contribution in [0.2, 0.25) is 0 Å². The standard InChI is InChI=1S/C17H23N3O2S2/c1-11-12(2)22-17(19-11)24-13(3)15(21)20(16-18-9-10-23-16)14-7-5-4-6-8-14/h9-10,13-14H,4-8H2,1-3H3. The van der Waals surface area contributed by atoms with Crippen LogP contribution in [0.4, 0.5) is 5.13 Å². The SMILES string of the molecule is Cc1nc(SC(C)C(=O)N(c2nccs2)C2CCCCC2)oc1C. The van der Waals surface area contributed by atoms with E-state index < -0.39 is 0 Å². The average molecular weight is 366 g/mol. The van der Waals surface area contributed by atoms with Crippen molar-refractivity contribution in [3.05, 3.63) is 23.0 Å². The Balaban J connectivity index is 1.77. The van der Waals surface area contributed by atoms with Gasteiger partial charge < -0.3 is 4.42 Å². The van der Waals surface area contributed by atoms with Gasteiger partial charge in [-0.1, -0.05) is 31.0 Å². The van der Waals surface area contributed by atoms with Gasteiger partial charge in [-0.25, -0.2) is 9.97 Å². The van der Waals surface area contributed by atoms with Crippen molar-refractivity contribution in [2.24, 2.45) is 0 Å². The predicted molar refractivity (Wildman–Crippen MR) is 97.8 cm³/mol. The first kappa shape index (κ1) is 17.5. The molecular weight excluding hydrogens is 342 g/mol. The Labute approximate surface area is 150 Å². The van der Waals surface area contributed by atoms with Crippen molar-refractivity contribution in [1.82, 2.24) is 9.97 Å². The summed E-state index contributed by atoms with van der Waals surface area (Å²) < 4.78 is 5.62. The molecule has 1 amide bonds. The van der Waals surface area contributed by atoms with Crippen LogP contribution < -0.4 is 4.90 Å². The van der Waals surface area contributed by atoms with Crippen molar-refractivity contribution in [2.45, 2.75) is 69.4 Å². The number of thioether (sulfide) groups is 1. The Morgan fingerprint density at radius 3 is 2.71 bits per heavy atom. The summed E-state index contributed by atoms with van der Waals surface area (Å²) in [6.07, 6.45) is 7.50. The van der Waals surface area contributed by atoms with Crippen LogP contribution in [0.1, 0.15) is 50.5 Å². The molecule has 2 heterocycles. The van der Waals surface area contributed by atoms with E-state index in [9.17, 15) is 4.79 Å². The molecule has 0 saturated heterocycles. The Kier molecular flexibility index (Phi) is 5.61. The molecule has 0 aliphatic heterocycles. The lowest BCUT2D eigenvalue weighted by atomic mass is 9.94. The second-order valence-corrected chi connectivity index (χ2v) is 8.36. The van der Waals surface area contributed by atoms with Crippen LogP contribution in [0.25, 0.3) is 0 Å². The number of carbonyl (C=O) groups excluding carboxylic acids is 1. The van der Waals surface area contributed by atoms with E-state index in [1.165, 1.54) is 42.4 Å². The number of anilines is 1. The molecule has 1 aliphatic rings. The third-order valence-corrected chi connectivity index (χ3v) is 6.14. The smallest absolute Gasteiger partial charge is 0.256 e. The number of aryl methyl sites for hydroxylation is 2. The Morgan fingerprint density at radius 1 is 1.38 bits per heavy atom. The number of rotatable bonds is 5. The van der Waals surface area contributed by atoms with Gasteiger partial charge in [0.1, 0.15) is 5.76 Å². The zero-order valence-corrected chi connectivity index (χ0v) is 16.0. The molecule has 0 aromatic carbocycles. The number of carbonyl (C=O) groups is 1. The monoisotopic (exact) mass is 365 g/mol. The van der Waals surface area contributed by atoms with E-state index in [0.29, 0.717) is 5.22 Å². The molecule has 7 heteroatoms. The summed E-state index contributed by atoms with van der Waals surface area (Å²) in [5.74, 6) is 0.900. The van der Waals surface area contributed by atoms with Crippen LogP contribution in [0, 0.1) is 13.8 Å². The number of thiazole rings is 1. The minimum atomic E-state index is -0.256. The normalized spacial score (nSPS) is 17.0. The number of aromatic nitrogens is 2. The number of hydrogen-bond acceptors (Lipinski definition) is 6. The van der Waals surface area contributed by atoms with E-state index in [2.05, 4.69) is 9.97 Å². The molecule has 1 atom stereocenters. The molecule has 0 N–H and O–H groups in total. The van der Waals surface area contributed by atoms with Gasteiger partial charge in [-0.15, -0.1) is 11.3 Å². The van der Waals surface area contributed by atoms with Crippen molar-refractivity contribution >= 4 is 34.1 Å². The predicted octanol–water partition coefficient (Wildman–Crippen LogP) is 4.59. The quantitative estimate of drug-likeness (QED) is 0.725. The van der Waals surface area contributed by atoms with E-state index in [1.807, 2.05) is 31.1 Å². The highest BCUT2D eigenvalue weighted by Crippen LogP contribution is 2.32. The number of hydrogen-bond donors (Lipinski definition) is 0. The van der Waals surface area contributed by atoms with Crippen LogP contribution in [0.5, 0.6) is 0 Å². The van der Waals surface area contributed by atoms with Crippen LogP contribution in [-0.4, -0.2) is 27.2 Å². The van der Waals surface area contributed by atoms with E-state index in [0.717, 1.165) is 29.4 Å². The lowest BCUT2D eigenvalue weighted by Crippen LogP contribution is -2.45. The van der Waals surface area contributed by atoms with Crippen LogP contribution in [-0.2, 0) is 4.79 Å². The van der Waals surface area contributed by atoms with Gasteiger partial charge >= 0.3 is 0 Å². The molecule has 24 heavy (non-hydrogen) atoms. The van der Waals surface area contributed by atoms with Crippen LogP contribution >= 0.6 is 23.1 Å². The zero-order valence-electron chi connectivity index (χ0n) is 14.3. The van der Waals surface area contributed by atoms with Crippen molar-refractivity contribution in [2.75, 3.05) is 4.90 Å². The Hall–Kier alpha value is -1.34. The summed E-state index contributed by atoms with van der Waals surface area (Å²) in [5, 5.41) is 3.04. The van der Waals surface area contributed by atoms with Gasteiger partial charge in [-0.3, -0.25) is 9.69 Å². The van der Waals surface area contributed by atoms with Gasteiger partial charge in [0.25, 0.3) is 5.22 Å². The maximum atomic E-state index is 13.1. The van der Waals surface area contributed by atoms with E-state index in [4.69, 9.17) is 4.42 Å². The molecular formula is C17H23N3O2S2. The fourth-order valence-electron chi connectivity index (χ4n) is 3.00. The van der Waals surface area contributed by atoms with E-state index in [1.54, 1.807) is 6.20 Å². The lowest BCUT2D eigenvalue weighted by molar-refractivity contribution is -0.118. The van der Waals surface area contributed by atoms with Crippen LogP contribution in [0.3, 0.4) is 0 Å². The minimum absolute atomic E-state index is 0.0929. The number of nitrogens with zero attached hydrogens (tertiary/aromatic N) is 3. The first-order chi connectivity index (χ1) is 11.6. The molecule has 1 saturated carbocycles. The molecule has 0 spiro atoms. The topological polar surface area (TPSA) is 59.2 Å². The second kappa shape index (κ2) is 7.70. The van der Waals surface area contributed by atoms with Gasteiger partial charge in [-0.2, -0.15) is 0 Å². The number of oxazole rings is 1. The fourth-order valence-corrected chi connectivity index (χ4v) is 4.59. The highest BCUT2D eigenvalue weighted by atomic mass is 32.2. The summed E-state index contributed by atoms with van der Waals surface area (Å²) in [5.41, 5.74) is 0.876. The molecule has 1 aliphatic carbocycles. The first-order valence-corrected chi connectivity index (χ1v) is 10.2. The number of amides is 1. The van der Waals surface area contributed by atoms with E-state index >= 15 is 0 Å². The zero-order chi connectivity index (χ0) is 17.1. The van der Waals surface area contributed by atoms with Crippen molar-refractivity contribution in [3.63, 3.8) is 0 Å². The van der Waals surface area contributed by atoms with Gasteiger partial charge in [-0.05, 0) is 33.6 Å². The molecule has 0 bridgehead atoms. The van der Waals surface area contributed by atoms with Gasteiger partial charge in [0, 0.05) is 17.6 Å². The van der Waals surface area contributed by atoms with Gasteiger partial charge in [0.2, 0.25) is 5.91 Å². The molecule has 0 radical (unpaired) electrons. The van der Waals surface area contributed by atoms with Crippen molar-refractivity contribution in [1.29, 1.82) is 0 Å². The molecule has 2 aromatic heterocycles. The highest BCUT2D eigenvalue weighted by Gasteiger charge is 2.32. The molecule has 1 unspecified atom stereocenters. The molecule has 130 valence electrons. The molecule has 3 rings (SSSR count). The first-order valence-electron chi connectivity index (χ1n) is 8.39. The largest absolute Gasteiger partial charge is 0.437 e. The summed E-state index contributed by atoms with van der Waals surface area (Å²) in [4.78, 5) is 23.8. The Morgan fingerprint density at radius 2 is 2.12 bits per heavy atom. The van der Waals surface area contributed by atoms with Crippen LogP contribution in [0.15, 0.2) is 21.2 Å². The third kappa shape index (κ3) is 3.83. The summed E-state index contributed by atoms with van der Waals surface area (Å²) in [6, 6.07) is 0.258. The fraction of sp³-hybridized carbons (Fsp3) is 0.588. The lowest BCUT2D eigenvalue weighted by Gasteiger charge is -2.33. The molecule has 5 nitrogen and oxygen atoms in total. The minimum Gasteiger partial charge on any atom is -0.437 e. The highest BCUT2D eigenvalue weighted by molar-refractivity contribution is 8.00. The molecule has 2 aromatic rings. The summed E-state index contributed by atoms with van der Waals surface area (Å²) in [6.45, 7) is 5.73. The summed E-state index contributed by atoms with van der Waals surface area (Å²) in [7, 11) is 0. The maximum Gasteiger partial charge on any atom is 0.256 e. The third-order valence-electron chi connectivity index (χ3n) is 4.44. The van der Waals surface area contributed by atoms with Gasteiger partial charge in [0.15, 0.2) is 5.13 Å². The van der Waals surface area contributed by atoms with E-state index in [-0.39, 0.29) is 17.2 Å².